The summed E-state index contributed by atoms with van der Waals surface area (Å²) in [5, 5.41) is 5.23. The van der Waals surface area contributed by atoms with Crippen LogP contribution in [0.4, 0.5) is 15.8 Å². The van der Waals surface area contributed by atoms with Gasteiger partial charge in [0.25, 0.3) is 0 Å². The summed E-state index contributed by atoms with van der Waals surface area (Å²) in [5.74, 6) is -0.148. The van der Waals surface area contributed by atoms with Crippen molar-refractivity contribution in [3.8, 4) is 11.1 Å². The number of aryl methyl sites for hydroxylation is 1. The van der Waals surface area contributed by atoms with E-state index in [-0.39, 0.29) is 11.2 Å². The van der Waals surface area contributed by atoms with Crippen LogP contribution in [-0.2, 0) is 11.8 Å². The molecule has 1 aliphatic heterocycles. The molecule has 0 aromatic heterocycles. The van der Waals surface area contributed by atoms with Gasteiger partial charge in [-0.3, -0.25) is 0 Å². The topological polar surface area (TPSA) is 3.24 Å². The van der Waals surface area contributed by atoms with Gasteiger partial charge in [0.05, 0.1) is 0 Å². The first-order chi connectivity index (χ1) is 16.5. The van der Waals surface area contributed by atoms with Gasteiger partial charge in [0, 0.05) is 23.3 Å². The van der Waals surface area contributed by atoms with Gasteiger partial charge in [-0.1, -0.05) is 68.4 Å². The van der Waals surface area contributed by atoms with E-state index >= 15 is 0 Å². The molecule has 7 rings (SSSR count). The van der Waals surface area contributed by atoms with Gasteiger partial charge in [-0.25, -0.2) is 4.39 Å². The molecule has 0 saturated carbocycles. The molecule has 34 heavy (non-hydrogen) atoms. The lowest BCUT2D eigenvalue weighted by molar-refractivity contribution is 0.622. The first kappa shape index (κ1) is 19.8. The molecule has 0 atom stereocenters. The number of anilines is 2. The van der Waals surface area contributed by atoms with Crippen LogP contribution in [0.1, 0.15) is 37.0 Å². The number of benzene rings is 5. The van der Waals surface area contributed by atoms with Gasteiger partial charge < -0.3 is 4.90 Å². The van der Waals surface area contributed by atoms with E-state index < -0.39 is 0 Å². The minimum Gasteiger partial charge on any atom is -0.341 e. The average molecular weight is 444 g/mol. The molecule has 5 aromatic carbocycles. The first-order valence-corrected chi connectivity index (χ1v) is 12.2. The summed E-state index contributed by atoms with van der Waals surface area (Å²) >= 11 is 0. The zero-order valence-corrected chi connectivity index (χ0v) is 19.5. The highest BCUT2D eigenvalue weighted by molar-refractivity contribution is 6.14. The van der Waals surface area contributed by atoms with Gasteiger partial charge in [0.1, 0.15) is 5.82 Å². The summed E-state index contributed by atoms with van der Waals surface area (Å²) in [5.41, 5.74) is 8.82. The van der Waals surface area contributed by atoms with Crippen LogP contribution in [0.3, 0.4) is 0 Å². The number of hydrogen-bond donors (Lipinski definition) is 0. The highest BCUT2D eigenvalue weighted by Gasteiger charge is 2.37. The Bertz CT molecular complexity index is 1630. The van der Waals surface area contributed by atoms with Crippen molar-refractivity contribution in [1.82, 2.24) is 0 Å². The van der Waals surface area contributed by atoms with Gasteiger partial charge in [-0.05, 0) is 92.5 Å². The number of hydrogen-bond acceptors (Lipinski definition) is 1. The maximum atomic E-state index is 13.9. The van der Waals surface area contributed by atoms with Crippen molar-refractivity contribution in [2.75, 3.05) is 11.4 Å². The van der Waals surface area contributed by atoms with Crippen molar-refractivity contribution in [1.29, 1.82) is 0 Å². The second-order valence-electron chi connectivity index (χ2n) is 10.3. The summed E-state index contributed by atoms with van der Waals surface area (Å²) in [6.45, 7) is 5.64. The van der Waals surface area contributed by atoms with Gasteiger partial charge in [0.15, 0.2) is 0 Å². The van der Waals surface area contributed by atoms with Crippen LogP contribution >= 0.6 is 0 Å². The highest BCUT2D eigenvalue weighted by atomic mass is 19.1. The second kappa shape index (κ2) is 6.93. The molecular weight excluding hydrogens is 417 g/mol. The number of nitrogens with zero attached hydrogens (tertiary/aromatic N) is 1. The van der Waals surface area contributed by atoms with Crippen molar-refractivity contribution in [3.05, 3.63) is 107 Å². The minimum absolute atomic E-state index is 0.0814. The van der Waals surface area contributed by atoms with Gasteiger partial charge in [0.2, 0.25) is 0 Å². The fourth-order valence-electron chi connectivity index (χ4n) is 6.31. The van der Waals surface area contributed by atoms with E-state index in [2.05, 4.69) is 85.5 Å². The molecule has 1 nitrogen and oxygen atoms in total. The van der Waals surface area contributed by atoms with Crippen LogP contribution < -0.4 is 4.90 Å². The Balaban J connectivity index is 1.43. The van der Waals surface area contributed by atoms with Crippen LogP contribution in [0.25, 0.3) is 32.7 Å². The molecule has 0 unspecified atom stereocenters. The Morgan fingerprint density at radius 1 is 0.765 bits per heavy atom. The van der Waals surface area contributed by atoms with Gasteiger partial charge >= 0.3 is 0 Å². The third kappa shape index (κ3) is 2.66. The molecule has 0 spiro atoms. The second-order valence-corrected chi connectivity index (χ2v) is 10.3. The van der Waals surface area contributed by atoms with E-state index in [0.717, 1.165) is 30.6 Å². The maximum absolute atomic E-state index is 13.9. The molecule has 0 amide bonds. The van der Waals surface area contributed by atoms with Crippen molar-refractivity contribution in [2.45, 2.75) is 32.1 Å². The molecule has 0 saturated heterocycles. The zero-order valence-electron chi connectivity index (χ0n) is 19.5. The molecule has 2 aliphatic rings. The first-order valence-electron chi connectivity index (χ1n) is 12.2. The highest BCUT2D eigenvalue weighted by Crippen LogP contribution is 2.53. The molecular formula is C32H26FN. The summed E-state index contributed by atoms with van der Waals surface area (Å²) in [6.07, 6.45) is 1.97. The standard InChI is InChI=1S/C32H26FN/c1-32(2)28-15-14-25-24-8-4-3-6-20(24)9-12-26(25)31(28)27-13-11-23(19-29(27)32)34-17-5-7-21-18-22(33)10-16-30(21)34/h3-4,6,8-16,18-19H,5,7,17H2,1-2H3. The van der Waals surface area contributed by atoms with Crippen molar-refractivity contribution in [2.24, 2.45) is 0 Å². The van der Waals surface area contributed by atoms with E-state index in [9.17, 15) is 4.39 Å². The van der Waals surface area contributed by atoms with Crippen LogP contribution in [0.5, 0.6) is 0 Å². The Labute approximate surface area is 199 Å². The Morgan fingerprint density at radius 3 is 2.53 bits per heavy atom. The summed E-state index contributed by atoms with van der Waals surface area (Å²) in [7, 11) is 0. The SMILES string of the molecule is CC1(C)c2cc(N3CCCc4cc(F)ccc43)ccc2-c2c1ccc1c2ccc2ccccc21. The maximum Gasteiger partial charge on any atom is 0.123 e. The predicted molar refractivity (Wildman–Crippen MR) is 141 cm³/mol. The number of halogens is 1. The molecule has 0 bridgehead atoms. The smallest absolute Gasteiger partial charge is 0.123 e. The van der Waals surface area contributed by atoms with Crippen LogP contribution in [0, 0.1) is 5.82 Å². The lowest BCUT2D eigenvalue weighted by Crippen LogP contribution is -2.25. The summed E-state index contributed by atoms with van der Waals surface area (Å²) in [6, 6.07) is 30.0. The molecule has 0 N–H and O–H groups in total. The van der Waals surface area contributed by atoms with Crippen molar-refractivity contribution in [3.63, 3.8) is 0 Å². The monoisotopic (exact) mass is 443 g/mol. The molecule has 0 radical (unpaired) electrons. The average Bonchev–Trinajstić information content (AvgIpc) is 3.09. The van der Waals surface area contributed by atoms with E-state index in [0.29, 0.717) is 0 Å². The lowest BCUT2D eigenvalue weighted by atomic mass is 9.81. The summed E-state index contributed by atoms with van der Waals surface area (Å²) < 4.78 is 13.9. The van der Waals surface area contributed by atoms with Gasteiger partial charge in [-0.2, -0.15) is 0 Å². The molecule has 1 aliphatic carbocycles. The Kier molecular flexibility index (Phi) is 4.03. The van der Waals surface area contributed by atoms with Gasteiger partial charge in [-0.15, -0.1) is 0 Å². The molecule has 166 valence electrons. The quantitative estimate of drug-likeness (QED) is 0.235. The molecule has 1 heterocycles. The zero-order chi connectivity index (χ0) is 23.0. The van der Waals surface area contributed by atoms with E-state index in [1.807, 2.05) is 6.07 Å². The van der Waals surface area contributed by atoms with Crippen molar-refractivity contribution >= 4 is 32.9 Å². The van der Waals surface area contributed by atoms with Crippen LogP contribution in [0.15, 0.2) is 84.9 Å². The molecule has 2 heteroatoms. The van der Waals surface area contributed by atoms with E-state index in [1.165, 1.54) is 49.5 Å². The molecule has 5 aromatic rings. The Morgan fingerprint density at radius 2 is 1.62 bits per heavy atom. The molecule has 0 fully saturated rings. The van der Waals surface area contributed by atoms with E-state index in [1.54, 1.807) is 12.1 Å². The number of fused-ring (bicyclic) bond motifs is 8. The van der Waals surface area contributed by atoms with Crippen LogP contribution in [-0.4, -0.2) is 6.54 Å². The summed E-state index contributed by atoms with van der Waals surface area (Å²) in [4.78, 5) is 2.36. The minimum atomic E-state index is -0.148. The largest absolute Gasteiger partial charge is 0.341 e. The lowest BCUT2D eigenvalue weighted by Gasteiger charge is -2.32. The third-order valence-electron chi connectivity index (χ3n) is 8.02. The predicted octanol–water partition coefficient (Wildman–Crippen LogP) is 8.52. The fourth-order valence-corrected chi connectivity index (χ4v) is 6.31. The fraction of sp³-hybridized carbons (Fsp3) is 0.188. The Hall–Kier alpha value is -3.65. The third-order valence-corrected chi connectivity index (χ3v) is 8.02. The number of rotatable bonds is 1. The van der Waals surface area contributed by atoms with Crippen molar-refractivity contribution < 1.29 is 4.39 Å². The van der Waals surface area contributed by atoms with Crippen LogP contribution in [0.2, 0.25) is 0 Å². The van der Waals surface area contributed by atoms with E-state index in [4.69, 9.17) is 0 Å². The normalized spacial score (nSPS) is 15.9.